The van der Waals surface area contributed by atoms with Crippen molar-refractivity contribution in [2.45, 2.75) is 45.8 Å². The van der Waals surface area contributed by atoms with Crippen LogP contribution in [0.5, 0.6) is 0 Å². The molecule has 27 heavy (non-hydrogen) atoms. The molecule has 0 aliphatic carbocycles. The molecule has 1 fully saturated rings. The molecule has 0 N–H and O–H groups in total. The number of rotatable bonds is 4. The van der Waals surface area contributed by atoms with Crippen LogP contribution < -0.4 is 0 Å². The predicted octanol–water partition coefficient (Wildman–Crippen LogP) is 4.67. The first kappa shape index (κ1) is 18.9. The molecular weight excluding hydrogens is 340 g/mol. The summed E-state index contributed by atoms with van der Waals surface area (Å²) >= 11 is 0. The van der Waals surface area contributed by atoms with E-state index in [1.54, 1.807) is 20.8 Å². The fraction of sp³-hybridized carbons (Fsp3) is 0.304. The molecule has 2 aromatic carbocycles. The van der Waals surface area contributed by atoms with Crippen molar-refractivity contribution in [3.8, 4) is 0 Å². The van der Waals surface area contributed by atoms with Crippen LogP contribution in [0.2, 0.25) is 0 Å². The number of ether oxygens (including phenoxy) is 2. The molecule has 1 aliphatic rings. The molecule has 0 aromatic heterocycles. The van der Waals surface area contributed by atoms with E-state index in [4.69, 9.17) is 9.47 Å². The molecule has 0 spiro atoms. The Morgan fingerprint density at radius 3 is 1.96 bits per heavy atom. The summed E-state index contributed by atoms with van der Waals surface area (Å²) in [5.41, 5.74) is 4.10. The molecule has 0 bridgehead atoms. The average Bonchev–Trinajstić information content (AvgIpc) is 2.59. The minimum absolute atomic E-state index is 0.00219. The van der Waals surface area contributed by atoms with E-state index in [1.807, 2.05) is 25.1 Å². The van der Waals surface area contributed by atoms with Gasteiger partial charge in [0.15, 0.2) is 0 Å². The summed E-state index contributed by atoms with van der Waals surface area (Å²) in [5.74, 6) is -2.45. The molecule has 0 radical (unpaired) electrons. The highest BCUT2D eigenvalue weighted by molar-refractivity contribution is 6.16. The lowest BCUT2D eigenvalue weighted by atomic mass is 9.84. The number of cyclic esters (lactones) is 2. The molecule has 0 saturated carbocycles. The zero-order valence-corrected chi connectivity index (χ0v) is 16.1. The van der Waals surface area contributed by atoms with E-state index < -0.39 is 17.7 Å². The Labute approximate surface area is 159 Å². The number of carbonyl (C=O) groups is 2. The number of esters is 2. The molecule has 0 unspecified atom stereocenters. The van der Waals surface area contributed by atoms with E-state index in [1.165, 1.54) is 5.56 Å². The maximum atomic E-state index is 12.4. The van der Waals surface area contributed by atoms with Crippen molar-refractivity contribution in [3.05, 3.63) is 82.4 Å². The van der Waals surface area contributed by atoms with Crippen LogP contribution in [-0.4, -0.2) is 17.7 Å². The fourth-order valence-electron chi connectivity index (χ4n) is 3.32. The second-order valence-corrected chi connectivity index (χ2v) is 7.41. The van der Waals surface area contributed by atoms with Gasteiger partial charge in [-0.25, -0.2) is 9.59 Å². The van der Waals surface area contributed by atoms with Crippen LogP contribution in [0.4, 0.5) is 0 Å². The summed E-state index contributed by atoms with van der Waals surface area (Å²) in [4.78, 5) is 24.8. The first-order valence-corrected chi connectivity index (χ1v) is 9.05. The molecule has 1 aliphatic heterocycles. The summed E-state index contributed by atoms with van der Waals surface area (Å²) in [6.45, 7) is 6.94. The first-order chi connectivity index (χ1) is 12.8. The topological polar surface area (TPSA) is 52.6 Å². The Hall–Kier alpha value is -2.88. The predicted molar refractivity (Wildman–Crippen MR) is 103 cm³/mol. The number of aryl methyl sites for hydroxylation is 1. The summed E-state index contributed by atoms with van der Waals surface area (Å²) < 4.78 is 10.5. The molecule has 1 heterocycles. The normalized spacial score (nSPS) is 17.1. The van der Waals surface area contributed by atoms with Crippen LogP contribution in [0.25, 0.3) is 0 Å². The first-order valence-electron chi connectivity index (χ1n) is 9.05. The molecule has 4 nitrogen and oxygen atoms in total. The van der Waals surface area contributed by atoms with Crippen LogP contribution >= 0.6 is 0 Å². The Bertz CT molecular complexity index is 854. The highest BCUT2D eigenvalue weighted by Crippen LogP contribution is 2.34. The van der Waals surface area contributed by atoms with Gasteiger partial charge >= 0.3 is 11.9 Å². The lowest BCUT2D eigenvalue weighted by Crippen LogP contribution is -2.42. The second kappa shape index (κ2) is 7.39. The van der Waals surface area contributed by atoms with Crippen LogP contribution in [0, 0.1) is 6.92 Å². The van der Waals surface area contributed by atoms with Gasteiger partial charge < -0.3 is 9.47 Å². The third kappa shape index (κ3) is 4.27. The lowest BCUT2D eigenvalue weighted by molar-refractivity contribution is -0.222. The maximum Gasteiger partial charge on any atom is 0.348 e. The van der Waals surface area contributed by atoms with Crippen LogP contribution in [-0.2, 0) is 19.1 Å². The zero-order chi connectivity index (χ0) is 19.6. The van der Waals surface area contributed by atoms with Crippen molar-refractivity contribution in [2.24, 2.45) is 0 Å². The SMILES string of the molecule is CC(C[C@@H](c1ccccc1)c1ccc(C)cc1)=C1C(=O)OC(C)(C)OC1=O. The maximum absolute atomic E-state index is 12.4. The number of hydrogen-bond donors (Lipinski definition) is 0. The Morgan fingerprint density at radius 1 is 0.889 bits per heavy atom. The van der Waals surface area contributed by atoms with Crippen molar-refractivity contribution in [2.75, 3.05) is 0 Å². The summed E-state index contributed by atoms with van der Waals surface area (Å²) in [5, 5.41) is 0. The summed E-state index contributed by atoms with van der Waals surface area (Å²) in [7, 11) is 0. The highest BCUT2D eigenvalue weighted by atomic mass is 16.7. The van der Waals surface area contributed by atoms with Gasteiger partial charge in [-0.1, -0.05) is 65.7 Å². The van der Waals surface area contributed by atoms with E-state index in [2.05, 4.69) is 36.4 Å². The molecule has 4 heteroatoms. The standard InChI is InChI=1S/C23H24O4/c1-15-10-12-18(13-11-15)19(17-8-6-5-7-9-17)14-16(2)20-21(24)26-23(3,4)27-22(20)25/h5-13,19H,14H2,1-4H3/t19-/m0/s1. The third-order valence-electron chi connectivity index (χ3n) is 4.70. The van der Waals surface area contributed by atoms with Gasteiger partial charge in [0.25, 0.3) is 5.79 Å². The van der Waals surface area contributed by atoms with Crippen molar-refractivity contribution in [3.63, 3.8) is 0 Å². The van der Waals surface area contributed by atoms with E-state index in [9.17, 15) is 9.59 Å². The Morgan fingerprint density at radius 2 is 1.41 bits per heavy atom. The van der Waals surface area contributed by atoms with Crippen molar-refractivity contribution in [1.82, 2.24) is 0 Å². The van der Waals surface area contributed by atoms with E-state index in [0.717, 1.165) is 11.1 Å². The van der Waals surface area contributed by atoms with Crippen molar-refractivity contribution >= 4 is 11.9 Å². The van der Waals surface area contributed by atoms with Gasteiger partial charge in [-0.15, -0.1) is 0 Å². The molecule has 2 aromatic rings. The van der Waals surface area contributed by atoms with Gasteiger partial charge in [-0.05, 0) is 31.4 Å². The zero-order valence-electron chi connectivity index (χ0n) is 16.1. The molecule has 3 rings (SSSR count). The molecule has 0 amide bonds. The van der Waals surface area contributed by atoms with Gasteiger partial charge in [0, 0.05) is 19.8 Å². The third-order valence-corrected chi connectivity index (χ3v) is 4.70. The second-order valence-electron chi connectivity index (χ2n) is 7.41. The summed E-state index contributed by atoms with van der Waals surface area (Å²) in [6.07, 6.45) is 0.521. The molecule has 1 atom stereocenters. The van der Waals surface area contributed by atoms with Crippen LogP contribution in [0.1, 0.15) is 49.8 Å². The molecule has 140 valence electrons. The minimum atomic E-state index is -1.23. The van der Waals surface area contributed by atoms with Gasteiger partial charge in [-0.3, -0.25) is 0 Å². The number of carbonyl (C=O) groups excluding carboxylic acids is 2. The fourth-order valence-corrected chi connectivity index (χ4v) is 3.32. The van der Waals surface area contributed by atoms with Gasteiger partial charge in [0.2, 0.25) is 0 Å². The summed E-state index contributed by atoms with van der Waals surface area (Å²) in [6, 6.07) is 18.4. The highest BCUT2D eigenvalue weighted by Gasteiger charge is 2.40. The number of allylic oxidation sites excluding steroid dienone is 1. The van der Waals surface area contributed by atoms with E-state index in [-0.39, 0.29) is 11.5 Å². The smallest absolute Gasteiger partial charge is 0.348 e. The van der Waals surface area contributed by atoms with E-state index >= 15 is 0 Å². The quantitative estimate of drug-likeness (QED) is 0.449. The Kier molecular flexibility index (Phi) is 5.17. The van der Waals surface area contributed by atoms with Crippen molar-refractivity contribution < 1.29 is 19.1 Å². The minimum Gasteiger partial charge on any atom is -0.419 e. The van der Waals surface area contributed by atoms with Gasteiger partial charge in [0.1, 0.15) is 5.57 Å². The van der Waals surface area contributed by atoms with Gasteiger partial charge in [0.05, 0.1) is 0 Å². The molecular formula is C23H24O4. The van der Waals surface area contributed by atoms with E-state index in [0.29, 0.717) is 12.0 Å². The number of hydrogen-bond acceptors (Lipinski definition) is 4. The largest absolute Gasteiger partial charge is 0.419 e. The van der Waals surface area contributed by atoms with Crippen molar-refractivity contribution in [1.29, 1.82) is 0 Å². The average molecular weight is 364 g/mol. The van der Waals surface area contributed by atoms with Crippen LogP contribution in [0.3, 0.4) is 0 Å². The monoisotopic (exact) mass is 364 g/mol. The molecule has 1 saturated heterocycles. The van der Waals surface area contributed by atoms with Gasteiger partial charge in [-0.2, -0.15) is 0 Å². The number of benzene rings is 2. The lowest BCUT2D eigenvalue weighted by Gasteiger charge is -2.31. The Balaban J connectivity index is 1.98. The van der Waals surface area contributed by atoms with Crippen LogP contribution in [0.15, 0.2) is 65.7 Å².